The number of para-hydroxylation sites is 1. The summed E-state index contributed by atoms with van der Waals surface area (Å²) in [6.45, 7) is 0. The minimum absolute atomic E-state index is 0.112. The molecule has 0 fully saturated rings. The second-order valence-electron chi connectivity index (χ2n) is 7.02. The molecule has 0 bridgehead atoms. The van der Waals surface area contributed by atoms with E-state index in [4.69, 9.17) is 15.6 Å². The monoisotopic (exact) mass is 400 g/mol. The summed E-state index contributed by atoms with van der Waals surface area (Å²) in [5.74, 6) is 0.157. The molecule has 6 heteroatoms. The lowest BCUT2D eigenvalue weighted by Gasteiger charge is -2.09. The molecule has 4 N–H and O–H groups in total. The van der Waals surface area contributed by atoms with Crippen LogP contribution in [0.25, 0.3) is 11.6 Å². The van der Waals surface area contributed by atoms with Crippen molar-refractivity contribution in [1.29, 1.82) is 0 Å². The maximum Gasteiger partial charge on any atom is 0.320 e. The first-order chi connectivity index (χ1) is 14.5. The van der Waals surface area contributed by atoms with Crippen LogP contribution in [0.5, 0.6) is 11.5 Å². The number of fused-ring (bicyclic) bond motifs is 1. The van der Waals surface area contributed by atoms with Gasteiger partial charge in [-0.25, -0.2) is 0 Å². The van der Waals surface area contributed by atoms with Crippen molar-refractivity contribution in [2.75, 3.05) is 5.32 Å². The van der Waals surface area contributed by atoms with Gasteiger partial charge in [0.2, 0.25) is 0 Å². The number of rotatable bonds is 6. The molecular weight excluding hydrogens is 380 g/mol. The van der Waals surface area contributed by atoms with Crippen molar-refractivity contribution < 1.29 is 19.4 Å². The number of carboxylic acid groups (broad SMARTS) is 1. The number of ether oxygens (including phenoxy) is 1. The van der Waals surface area contributed by atoms with Gasteiger partial charge in [0.1, 0.15) is 17.5 Å². The summed E-state index contributed by atoms with van der Waals surface area (Å²) in [7, 11) is 0. The molecule has 1 aliphatic heterocycles. The van der Waals surface area contributed by atoms with Crippen LogP contribution in [0.15, 0.2) is 72.8 Å². The van der Waals surface area contributed by atoms with E-state index in [1.165, 1.54) is 0 Å². The van der Waals surface area contributed by atoms with E-state index in [1.54, 1.807) is 24.3 Å². The number of nitrogens with two attached hydrogens (primary N) is 1. The molecular formula is C24H20N2O4. The van der Waals surface area contributed by atoms with Gasteiger partial charge in [-0.3, -0.25) is 9.59 Å². The Morgan fingerprint density at radius 1 is 1.00 bits per heavy atom. The molecule has 0 saturated carbocycles. The van der Waals surface area contributed by atoms with E-state index in [1.807, 2.05) is 54.6 Å². The van der Waals surface area contributed by atoms with Crippen LogP contribution < -0.4 is 15.8 Å². The average Bonchev–Trinajstić information content (AvgIpc) is 3.06. The molecule has 6 nitrogen and oxygen atoms in total. The van der Waals surface area contributed by atoms with Crippen LogP contribution in [0, 0.1) is 0 Å². The van der Waals surface area contributed by atoms with E-state index < -0.39 is 12.0 Å². The second kappa shape index (κ2) is 8.23. The molecule has 1 unspecified atom stereocenters. The van der Waals surface area contributed by atoms with Crippen LogP contribution in [-0.4, -0.2) is 23.0 Å². The van der Waals surface area contributed by atoms with Gasteiger partial charge in [0.25, 0.3) is 5.91 Å². The molecule has 1 aliphatic rings. The highest BCUT2D eigenvalue weighted by Crippen LogP contribution is 2.33. The number of hydrogen-bond acceptors (Lipinski definition) is 4. The van der Waals surface area contributed by atoms with E-state index in [9.17, 15) is 9.59 Å². The normalized spacial score (nSPS) is 14.8. The first kappa shape index (κ1) is 19.4. The molecule has 0 aromatic heterocycles. The van der Waals surface area contributed by atoms with Crippen LogP contribution in [-0.2, 0) is 16.0 Å². The molecule has 0 radical (unpaired) electrons. The van der Waals surface area contributed by atoms with Gasteiger partial charge < -0.3 is 20.9 Å². The Kier molecular flexibility index (Phi) is 5.32. The Labute approximate surface area is 173 Å². The SMILES string of the molecule is NC(Cc1ccc(Oc2ccc(/C=C3/C(=O)Nc4ccccc43)cc2)cc1)C(=O)O. The highest BCUT2D eigenvalue weighted by atomic mass is 16.5. The third-order valence-corrected chi connectivity index (χ3v) is 4.83. The number of hydrogen-bond donors (Lipinski definition) is 3. The fourth-order valence-electron chi connectivity index (χ4n) is 3.25. The van der Waals surface area contributed by atoms with Gasteiger partial charge in [-0.2, -0.15) is 0 Å². The Morgan fingerprint density at radius 3 is 2.30 bits per heavy atom. The van der Waals surface area contributed by atoms with Crippen LogP contribution in [0.2, 0.25) is 0 Å². The standard InChI is InChI=1S/C24H20N2O4/c25-21(24(28)29)14-16-7-11-18(12-8-16)30-17-9-5-15(6-10-17)13-20-19-3-1-2-4-22(19)26-23(20)27/h1-13,21H,14,25H2,(H,26,27)(H,28,29)/b20-13+. The lowest BCUT2D eigenvalue weighted by molar-refractivity contribution is -0.138. The highest BCUT2D eigenvalue weighted by Gasteiger charge is 2.23. The number of benzene rings is 3. The van der Waals surface area contributed by atoms with Gasteiger partial charge >= 0.3 is 5.97 Å². The molecule has 1 atom stereocenters. The summed E-state index contributed by atoms with van der Waals surface area (Å²) < 4.78 is 5.84. The topological polar surface area (TPSA) is 102 Å². The van der Waals surface area contributed by atoms with E-state index in [-0.39, 0.29) is 12.3 Å². The third-order valence-electron chi connectivity index (χ3n) is 4.83. The number of aliphatic carboxylic acids is 1. The summed E-state index contributed by atoms with van der Waals surface area (Å²) in [4.78, 5) is 23.1. The van der Waals surface area contributed by atoms with Crippen LogP contribution in [0.3, 0.4) is 0 Å². The molecule has 0 saturated heterocycles. The zero-order chi connectivity index (χ0) is 21.1. The number of nitrogens with one attached hydrogen (secondary N) is 1. The van der Waals surface area contributed by atoms with Crippen LogP contribution in [0.1, 0.15) is 16.7 Å². The molecule has 3 aromatic rings. The predicted octanol–water partition coefficient (Wildman–Crippen LogP) is 3.93. The smallest absolute Gasteiger partial charge is 0.320 e. The van der Waals surface area contributed by atoms with Crippen LogP contribution >= 0.6 is 0 Å². The quantitative estimate of drug-likeness (QED) is 0.544. The van der Waals surface area contributed by atoms with Crippen molar-refractivity contribution >= 4 is 29.2 Å². The van der Waals surface area contributed by atoms with Gasteiger partial charge in [-0.05, 0) is 54.0 Å². The van der Waals surface area contributed by atoms with Crippen molar-refractivity contribution in [3.05, 3.63) is 89.5 Å². The highest BCUT2D eigenvalue weighted by molar-refractivity contribution is 6.34. The predicted molar refractivity (Wildman–Crippen MR) is 115 cm³/mol. The first-order valence-corrected chi connectivity index (χ1v) is 9.47. The fourth-order valence-corrected chi connectivity index (χ4v) is 3.25. The Hall–Kier alpha value is -3.90. The lowest BCUT2D eigenvalue weighted by atomic mass is 10.0. The van der Waals surface area contributed by atoms with Gasteiger partial charge in [0.15, 0.2) is 0 Å². The summed E-state index contributed by atoms with van der Waals surface area (Å²) in [6, 6.07) is 21.3. The zero-order valence-electron chi connectivity index (χ0n) is 16.0. The maximum absolute atomic E-state index is 12.2. The van der Waals surface area contributed by atoms with Crippen LogP contribution in [0.4, 0.5) is 5.69 Å². The minimum Gasteiger partial charge on any atom is -0.480 e. The molecule has 1 heterocycles. The van der Waals surface area contributed by atoms with Crippen molar-refractivity contribution in [2.24, 2.45) is 5.73 Å². The van der Waals surface area contributed by atoms with Crippen molar-refractivity contribution in [2.45, 2.75) is 12.5 Å². The number of anilines is 1. The number of carboxylic acids is 1. The second-order valence-corrected chi connectivity index (χ2v) is 7.02. The molecule has 4 rings (SSSR count). The summed E-state index contributed by atoms with van der Waals surface area (Å²) in [6.07, 6.45) is 2.11. The van der Waals surface area contributed by atoms with Crippen molar-refractivity contribution in [3.8, 4) is 11.5 Å². The maximum atomic E-state index is 12.2. The van der Waals surface area contributed by atoms with Gasteiger partial charge in [0.05, 0.1) is 0 Å². The molecule has 30 heavy (non-hydrogen) atoms. The summed E-state index contributed by atoms with van der Waals surface area (Å²) >= 11 is 0. The summed E-state index contributed by atoms with van der Waals surface area (Å²) in [5.41, 5.74) is 9.62. The molecule has 1 amide bonds. The van der Waals surface area contributed by atoms with E-state index in [2.05, 4.69) is 5.32 Å². The van der Waals surface area contributed by atoms with E-state index in [0.29, 0.717) is 17.1 Å². The van der Waals surface area contributed by atoms with Gasteiger partial charge in [0, 0.05) is 16.8 Å². The van der Waals surface area contributed by atoms with E-state index in [0.717, 1.165) is 22.4 Å². The lowest BCUT2D eigenvalue weighted by Crippen LogP contribution is -2.32. The average molecular weight is 400 g/mol. The summed E-state index contributed by atoms with van der Waals surface area (Å²) in [5, 5.41) is 11.8. The Bertz CT molecular complexity index is 1120. The Balaban J connectivity index is 1.44. The number of carbonyl (C=O) groups is 2. The van der Waals surface area contributed by atoms with Crippen molar-refractivity contribution in [1.82, 2.24) is 0 Å². The molecule has 150 valence electrons. The van der Waals surface area contributed by atoms with Gasteiger partial charge in [-0.15, -0.1) is 0 Å². The molecule has 3 aromatic carbocycles. The molecule has 0 spiro atoms. The van der Waals surface area contributed by atoms with Gasteiger partial charge in [-0.1, -0.05) is 42.5 Å². The largest absolute Gasteiger partial charge is 0.480 e. The minimum atomic E-state index is -1.02. The zero-order valence-corrected chi connectivity index (χ0v) is 16.0. The third kappa shape index (κ3) is 4.24. The fraction of sp³-hybridized carbons (Fsp3) is 0.0833. The molecule has 0 aliphatic carbocycles. The van der Waals surface area contributed by atoms with E-state index >= 15 is 0 Å². The number of carbonyl (C=O) groups excluding carboxylic acids is 1. The first-order valence-electron chi connectivity index (χ1n) is 9.47. The Morgan fingerprint density at radius 2 is 1.63 bits per heavy atom. The van der Waals surface area contributed by atoms with Crippen molar-refractivity contribution in [3.63, 3.8) is 0 Å². The number of amides is 1.